The summed E-state index contributed by atoms with van der Waals surface area (Å²) >= 11 is 0. The summed E-state index contributed by atoms with van der Waals surface area (Å²) in [6.45, 7) is 1.09. The van der Waals surface area contributed by atoms with Gasteiger partial charge in [-0.05, 0) is 50.4 Å². The molecule has 0 bridgehead atoms. The van der Waals surface area contributed by atoms with E-state index in [4.69, 9.17) is 4.74 Å². The number of nitrogens with one attached hydrogen (secondary N) is 1. The van der Waals surface area contributed by atoms with Crippen LogP contribution in [0.2, 0.25) is 0 Å². The first-order valence-electron chi connectivity index (χ1n) is 7.79. The van der Waals surface area contributed by atoms with Crippen LogP contribution in [0.4, 0.5) is 0 Å². The van der Waals surface area contributed by atoms with Gasteiger partial charge in [0.05, 0.1) is 6.61 Å². The van der Waals surface area contributed by atoms with Crippen LogP contribution >= 0.6 is 0 Å². The first kappa shape index (κ1) is 13.4. The van der Waals surface area contributed by atoms with E-state index in [1.165, 1.54) is 25.7 Å². The predicted octanol–water partition coefficient (Wildman–Crippen LogP) is 2.18. The quantitative estimate of drug-likeness (QED) is 0.707. The smallest absolute Gasteiger partial charge is 0.326 e. The Morgan fingerprint density at radius 2 is 1.84 bits per heavy atom. The Bertz CT molecular complexity index is 332. The Kier molecular flexibility index (Phi) is 3.81. The van der Waals surface area contributed by atoms with Crippen LogP contribution in [0.15, 0.2) is 0 Å². The number of carbonyl (C=O) groups is 1. The summed E-state index contributed by atoms with van der Waals surface area (Å²) < 4.78 is 5.83. The minimum absolute atomic E-state index is 0.272. The number of hydrogen-bond acceptors (Lipinski definition) is 3. The van der Waals surface area contributed by atoms with E-state index in [0.29, 0.717) is 18.6 Å². The zero-order valence-corrected chi connectivity index (χ0v) is 11.6. The maximum Gasteiger partial charge on any atom is 0.326 e. The molecule has 0 spiro atoms. The second kappa shape index (κ2) is 5.41. The van der Waals surface area contributed by atoms with Gasteiger partial charge in [0, 0.05) is 12.6 Å². The van der Waals surface area contributed by atoms with E-state index in [1.807, 2.05) is 0 Å². The molecule has 3 rings (SSSR count). The fraction of sp³-hybridized carbons (Fsp3) is 0.933. The van der Waals surface area contributed by atoms with Gasteiger partial charge < -0.3 is 9.84 Å². The number of hydrogen-bond donors (Lipinski definition) is 2. The molecule has 3 fully saturated rings. The summed E-state index contributed by atoms with van der Waals surface area (Å²) in [5, 5.41) is 13.0. The number of ether oxygens (including phenoxy) is 1. The van der Waals surface area contributed by atoms with Crippen molar-refractivity contribution in [1.82, 2.24) is 5.32 Å². The van der Waals surface area contributed by atoms with E-state index in [9.17, 15) is 9.90 Å². The monoisotopic (exact) mass is 267 g/mol. The second-order valence-electron chi connectivity index (χ2n) is 6.64. The molecular weight excluding hydrogens is 242 g/mol. The van der Waals surface area contributed by atoms with E-state index in [2.05, 4.69) is 5.32 Å². The molecule has 0 heterocycles. The molecule has 0 aliphatic heterocycles. The van der Waals surface area contributed by atoms with Crippen LogP contribution < -0.4 is 5.32 Å². The van der Waals surface area contributed by atoms with Crippen molar-refractivity contribution in [2.75, 3.05) is 13.2 Å². The summed E-state index contributed by atoms with van der Waals surface area (Å²) in [4.78, 5) is 11.8. The largest absolute Gasteiger partial charge is 0.480 e. The van der Waals surface area contributed by atoms with Crippen molar-refractivity contribution in [1.29, 1.82) is 0 Å². The van der Waals surface area contributed by atoms with Crippen molar-refractivity contribution in [3.63, 3.8) is 0 Å². The van der Waals surface area contributed by atoms with E-state index in [1.54, 1.807) is 0 Å². The molecule has 3 aliphatic rings. The molecule has 19 heavy (non-hydrogen) atoms. The van der Waals surface area contributed by atoms with Gasteiger partial charge in [-0.1, -0.05) is 12.8 Å². The fourth-order valence-electron chi connectivity index (χ4n) is 3.31. The minimum atomic E-state index is -0.806. The lowest BCUT2D eigenvalue weighted by Gasteiger charge is -2.31. The van der Waals surface area contributed by atoms with E-state index in [0.717, 1.165) is 32.3 Å². The third kappa shape index (κ3) is 3.11. The van der Waals surface area contributed by atoms with Crippen LogP contribution in [-0.2, 0) is 9.53 Å². The normalized spacial score (nSPS) is 27.4. The Balaban J connectivity index is 1.55. The van der Waals surface area contributed by atoms with Gasteiger partial charge in [0.2, 0.25) is 0 Å². The first-order valence-corrected chi connectivity index (χ1v) is 7.79. The highest BCUT2D eigenvalue weighted by Gasteiger charge is 2.53. The Morgan fingerprint density at radius 3 is 2.37 bits per heavy atom. The number of carboxylic acids is 1. The summed E-state index contributed by atoms with van der Waals surface area (Å²) in [6.07, 6.45) is 9.40. The van der Waals surface area contributed by atoms with Gasteiger partial charge in [0.25, 0.3) is 0 Å². The molecule has 0 aromatic rings. The molecule has 4 heteroatoms. The SMILES string of the molecule is O=C(O)C(COCC1CCCC1)(NC1CC1)C1CC1. The minimum Gasteiger partial charge on any atom is -0.480 e. The molecular formula is C15H25NO3. The van der Waals surface area contributed by atoms with Crippen LogP contribution in [0.25, 0.3) is 0 Å². The lowest BCUT2D eigenvalue weighted by Crippen LogP contribution is -2.58. The fourth-order valence-corrected chi connectivity index (χ4v) is 3.31. The topological polar surface area (TPSA) is 58.6 Å². The summed E-state index contributed by atoms with van der Waals surface area (Å²) in [7, 11) is 0. The van der Waals surface area contributed by atoms with Crippen molar-refractivity contribution in [2.24, 2.45) is 11.8 Å². The van der Waals surface area contributed by atoms with Gasteiger partial charge in [0.15, 0.2) is 0 Å². The lowest BCUT2D eigenvalue weighted by molar-refractivity contribution is -0.149. The summed E-state index contributed by atoms with van der Waals surface area (Å²) in [5.74, 6) is 0.217. The molecule has 2 N–H and O–H groups in total. The average molecular weight is 267 g/mol. The third-order valence-electron chi connectivity index (χ3n) is 4.85. The molecule has 108 valence electrons. The molecule has 0 radical (unpaired) electrons. The molecule has 0 saturated heterocycles. The highest BCUT2D eigenvalue weighted by Crippen LogP contribution is 2.42. The Hall–Kier alpha value is -0.610. The predicted molar refractivity (Wildman–Crippen MR) is 72.0 cm³/mol. The van der Waals surface area contributed by atoms with Crippen molar-refractivity contribution < 1.29 is 14.6 Å². The van der Waals surface area contributed by atoms with Gasteiger partial charge in [-0.3, -0.25) is 10.1 Å². The van der Waals surface area contributed by atoms with Gasteiger partial charge in [-0.2, -0.15) is 0 Å². The molecule has 3 saturated carbocycles. The number of aliphatic carboxylic acids is 1. The van der Waals surface area contributed by atoms with Crippen molar-refractivity contribution in [3.8, 4) is 0 Å². The summed E-state index contributed by atoms with van der Waals surface area (Å²) in [6, 6.07) is 0.409. The van der Waals surface area contributed by atoms with Crippen LogP contribution in [0.5, 0.6) is 0 Å². The van der Waals surface area contributed by atoms with Gasteiger partial charge in [0.1, 0.15) is 5.54 Å². The molecule has 1 unspecified atom stereocenters. The Labute approximate surface area is 114 Å². The first-order chi connectivity index (χ1) is 9.21. The average Bonchev–Trinajstić information content (AvgIpc) is 3.29. The van der Waals surface area contributed by atoms with Crippen LogP contribution in [-0.4, -0.2) is 35.9 Å². The second-order valence-corrected chi connectivity index (χ2v) is 6.64. The van der Waals surface area contributed by atoms with Crippen LogP contribution in [0, 0.1) is 11.8 Å². The van der Waals surface area contributed by atoms with Crippen LogP contribution in [0.3, 0.4) is 0 Å². The number of rotatable bonds is 8. The zero-order valence-electron chi connectivity index (χ0n) is 11.6. The molecule has 0 aromatic heterocycles. The highest BCUT2D eigenvalue weighted by atomic mass is 16.5. The van der Waals surface area contributed by atoms with E-state index in [-0.39, 0.29) is 5.92 Å². The zero-order chi connectivity index (χ0) is 13.3. The van der Waals surface area contributed by atoms with Crippen LogP contribution in [0.1, 0.15) is 51.4 Å². The maximum atomic E-state index is 11.8. The van der Waals surface area contributed by atoms with E-state index < -0.39 is 11.5 Å². The molecule has 0 amide bonds. The van der Waals surface area contributed by atoms with E-state index >= 15 is 0 Å². The number of carboxylic acid groups (broad SMARTS) is 1. The van der Waals surface area contributed by atoms with Gasteiger partial charge in [-0.15, -0.1) is 0 Å². The maximum absolute atomic E-state index is 11.8. The van der Waals surface area contributed by atoms with Crippen molar-refractivity contribution >= 4 is 5.97 Å². The molecule has 3 aliphatic carbocycles. The molecule has 1 atom stereocenters. The van der Waals surface area contributed by atoms with Gasteiger partial charge in [-0.25, -0.2) is 0 Å². The van der Waals surface area contributed by atoms with Crippen molar-refractivity contribution in [2.45, 2.75) is 62.9 Å². The Morgan fingerprint density at radius 1 is 1.16 bits per heavy atom. The standard InChI is InChI=1S/C15H25NO3/c17-14(18)15(12-5-6-12,16-13-7-8-13)10-19-9-11-3-1-2-4-11/h11-13,16H,1-10H2,(H,17,18). The summed E-state index contributed by atoms with van der Waals surface area (Å²) in [5.41, 5.74) is -0.806. The highest BCUT2D eigenvalue weighted by molar-refractivity contribution is 5.80. The van der Waals surface area contributed by atoms with Crippen molar-refractivity contribution in [3.05, 3.63) is 0 Å². The third-order valence-corrected chi connectivity index (χ3v) is 4.85. The van der Waals surface area contributed by atoms with Gasteiger partial charge >= 0.3 is 5.97 Å². The molecule has 4 nitrogen and oxygen atoms in total. The lowest BCUT2D eigenvalue weighted by atomic mass is 9.94. The molecule has 0 aromatic carbocycles.